The Hall–Kier alpha value is -1.88. The van der Waals surface area contributed by atoms with Crippen LogP contribution in [0.15, 0.2) is 30.3 Å². The van der Waals surface area contributed by atoms with Crippen molar-refractivity contribution < 1.29 is 19.4 Å². The van der Waals surface area contributed by atoms with Crippen molar-refractivity contribution in [3.8, 4) is 0 Å². The molecule has 1 heterocycles. The summed E-state index contributed by atoms with van der Waals surface area (Å²) < 4.78 is 5.78. The highest BCUT2D eigenvalue weighted by Gasteiger charge is 2.67. The number of likely N-dealkylation sites (tertiary alicyclic amines) is 1. The van der Waals surface area contributed by atoms with E-state index >= 15 is 0 Å². The summed E-state index contributed by atoms with van der Waals surface area (Å²) in [7, 11) is 0. The van der Waals surface area contributed by atoms with Gasteiger partial charge in [0.1, 0.15) is 12.4 Å². The second-order valence-electron chi connectivity index (χ2n) is 11.6. The van der Waals surface area contributed by atoms with Gasteiger partial charge in [0.15, 0.2) is 0 Å². The quantitative estimate of drug-likeness (QED) is 0.690. The lowest BCUT2D eigenvalue weighted by Gasteiger charge is -2.53. The Morgan fingerprint density at radius 1 is 1.12 bits per heavy atom. The van der Waals surface area contributed by atoms with E-state index in [1.54, 1.807) is 0 Å². The van der Waals surface area contributed by atoms with E-state index < -0.39 is 5.60 Å². The lowest BCUT2D eigenvalue weighted by atomic mass is 9.58. The third kappa shape index (κ3) is 3.37. The Kier molecular flexibility index (Phi) is 5.32. The second kappa shape index (κ2) is 8.11. The number of piperidine rings is 1. The number of nitrogens with zero attached hydrogens (tertiary/aromatic N) is 1. The molecule has 1 saturated heterocycles. The van der Waals surface area contributed by atoms with Gasteiger partial charge in [-0.05, 0) is 74.7 Å². The molecule has 0 aromatic heterocycles. The van der Waals surface area contributed by atoms with Crippen molar-refractivity contribution in [2.45, 2.75) is 89.0 Å². The Balaban J connectivity index is 1.27. The molecule has 1 amide bonds. The van der Waals surface area contributed by atoms with Crippen molar-refractivity contribution in [2.75, 3.05) is 0 Å². The molecule has 178 valence electrons. The molecule has 9 atom stereocenters. The summed E-state index contributed by atoms with van der Waals surface area (Å²) in [6.45, 7) is 2.39. The first-order chi connectivity index (χ1) is 16.0. The summed E-state index contributed by atoms with van der Waals surface area (Å²) in [5.41, 5.74) is 0.177. The predicted octanol–water partition coefficient (Wildman–Crippen LogP) is 4.96. The van der Waals surface area contributed by atoms with Crippen LogP contribution in [0.1, 0.15) is 70.3 Å². The standard InChI is InChI=1S/C28H37NO4/c1-17-11-12-22-24(29(17)27(31)33-16-18-7-3-2-4-8-18)13-19-15-28(22,32)23-14-25(30)20-9-5-6-10-21(20)26(19)23/h2-4,7-8,17,19-24,26,32H,5-6,9-16H2,1H3/t17-,19?,20+,21?,22?,23+,24?,26?,28?/m1/s1. The van der Waals surface area contributed by atoms with E-state index in [2.05, 4.69) is 6.92 Å². The van der Waals surface area contributed by atoms with Gasteiger partial charge in [-0.25, -0.2) is 4.79 Å². The third-order valence-corrected chi connectivity index (χ3v) is 10.2. The minimum atomic E-state index is -0.811. The molecule has 1 aromatic carbocycles. The minimum absolute atomic E-state index is 0.0171. The molecule has 5 heteroatoms. The van der Waals surface area contributed by atoms with Gasteiger partial charge in [-0.1, -0.05) is 43.2 Å². The van der Waals surface area contributed by atoms with Crippen LogP contribution in [-0.4, -0.2) is 39.6 Å². The largest absolute Gasteiger partial charge is 0.445 e. The Morgan fingerprint density at radius 2 is 1.91 bits per heavy atom. The van der Waals surface area contributed by atoms with E-state index in [0.717, 1.165) is 44.1 Å². The van der Waals surface area contributed by atoms with Gasteiger partial charge in [-0.2, -0.15) is 0 Å². The normalized spacial score (nSPS) is 43.9. The summed E-state index contributed by atoms with van der Waals surface area (Å²) in [5, 5.41) is 12.2. The summed E-state index contributed by atoms with van der Waals surface area (Å²) >= 11 is 0. The van der Waals surface area contributed by atoms with E-state index in [4.69, 9.17) is 4.74 Å². The zero-order valence-corrected chi connectivity index (χ0v) is 19.7. The van der Waals surface area contributed by atoms with Gasteiger partial charge in [0, 0.05) is 30.3 Å². The smallest absolute Gasteiger partial charge is 0.410 e. The highest BCUT2D eigenvalue weighted by atomic mass is 16.6. The lowest BCUT2D eigenvalue weighted by Crippen LogP contribution is -2.62. The predicted molar refractivity (Wildman–Crippen MR) is 124 cm³/mol. The zero-order chi connectivity index (χ0) is 22.7. The number of hydrogen-bond acceptors (Lipinski definition) is 4. The molecule has 5 nitrogen and oxygen atoms in total. The number of rotatable bonds is 2. The first-order valence-electron chi connectivity index (χ1n) is 13.2. The fourth-order valence-electron chi connectivity index (χ4n) is 8.94. The second-order valence-corrected chi connectivity index (χ2v) is 11.6. The van der Waals surface area contributed by atoms with Gasteiger partial charge in [0.25, 0.3) is 0 Å². The van der Waals surface area contributed by atoms with E-state index in [0.29, 0.717) is 30.0 Å². The van der Waals surface area contributed by atoms with E-state index in [-0.39, 0.29) is 42.5 Å². The summed E-state index contributed by atoms with van der Waals surface area (Å²) in [6.07, 6.45) is 8.45. The van der Waals surface area contributed by atoms with Crippen LogP contribution in [0.2, 0.25) is 0 Å². The molecule has 6 rings (SSSR count). The summed E-state index contributed by atoms with van der Waals surface area (Å²) in [4.78, 5) is 28.4. The van der Waals surface area contributed by atoms with E-state index in [1.807, 2.05) is 35.2 Å². The molecule has 5 fully saturated rings. The molecule has 1 aromatic rings. The van der Waals surface area contributed by atoms with Gasteiger partial charge in [0.2, 0.25) is 0 Å². The molecular weight excluding hydrogens is 414 g/mol. The fourth-order valence-corrected chi connectivity index (χ4v) is 8.94. The Morgan fingerprint density at radius 3 is 2.73 bits per heavy atom. The minimum Gasteiger partial charge on any atom is -0.445 e. The molecule has 5 aliphatic rings. The maximum atomic E-state index is 13.3. The Labute approximate surface area is 196 Å². The van der Waals surface area contributed by atoms with Crippen LogP contribution in [0.4, 0.5) is 4.79 Å². The highest BCUT2D eigenvalue weighted by Crippen LogP contribution is 2.65. The lowest BCUT2D eigenvalue weighted by molar-refractivity contribution is -0.147. The average Bonchev–Trinajstić information content (AvgIpc) is 3.05. The van der Waals surface area contributed by atoms with Crippen molar-refractivity contribution in [3.05, 3.63) is 35.9 Å². The number of aliphatic hydroxyl groups is 1. The molecule has 6 unspecified atom stereocenters. The van der Waals surface area contributed by atoms with Crippen LogP contribution in [0.5, 0.6) is 0 Å². The SMILES string of the molecule is C[C@@H]1CCC2C(CC3CC2(O)[C@H]2CC(=O)[C@H]4CCCCC4C32)N1C(=O)OCc1ccccc1. The first kappa shape index (κ1) is 21.6. The van der Waals surface area contributed by atoms with Crippen molar-refractivity contribution in [2.24, 2.45) is 35.5 Å². The Bertz CT molecular complexity index is 918. The number of benzene rings is 1. The number of ether oxygens (including phenoxy) is 1. The van der Waals surface area contributed by atoms with Crippen LogP contribution >= 0.6 is 0 Å². The van der Waals surface area contributed by atoms with Gasteiger partial charge >= 0.3 is 6.09 Å². The van der Waals surface area contributed by atoms with Crippen LogP contribution in [0.3, 0.4) is 0 Å². The number of carbonyl (C=O) groups excluding carboxylic acids is 2. The molecule has 4 aliphatic carbocycles. The molecule has 2 bridgehead atoms. The molecule has 1 N–H and O–H groups in total. The highest BCUT2D eigenvalue weighted by molar-refractivity contribution is 5.83. The maximum Gasteiger partial charge on any atom is 0.410 e. The van der Waals surface area contributed by atoms with Crippen LogP contribution in [0.25, 0.3) is 0 Å². The molecule has 1 aliphatic heterocycles. The number of carbonyl (C=O) groups is 2. The monoisotopic (exact) mass is 451 g/mol. The van der Waals surface area contributed by atoms with Crippen LogP contribution < -0.4 is 0 Å². The number of ketones is 1. The van der Waals surface area contributed by atoms with Crippen molar-refractivity contribution >= 4 is 11.9 Å². The zero-order valence-electron chi connectivity index (χ0n) is 19.7. The fraction of sp³-hybridized carbons (Fsp3) is 0.714. The number of amides is 1. The summed E-state index contributed by atoms with van der Waals surface area (Å²) in [6, 6.07) is 9.95. The van der Waals surface area contributed by atoms with Crippen molar-refractivity contribution in [1.82, 2.24) is 4.90 Å². The number of Topliss-reactive ketones (excluding diaryl/α,β-unsaturated/α-hetero) is 1. The van der Waals surface area contributed by atoms with Gasteiger partial charge in [0.05, 0.1) is 5.60 Å². The maximum absolute atomic E-state index is 13.3. The number of hydrogen-bond donors (Lipinski definition) is 1. The van der Waals surface area contributed by atoms with Gasteiger partial charge in [-0.15, -0.1) is 0 Å². The van der Waals surface area contributed by atoms with E-state index in [1.165, 1.54) is 12.8 Å². The molecule has 33 heavy (non-hydrogen) atoms. The van der Waals surface area contributed by atoms with Gasteiger partial charge in [-0.3, -0.25) is 4.79 Å². The van der Waals surface area contributed by atoms with Gasteiger partial charge < -0.3 is 14.7 Å². The van der Waals surface area contributed by atoms with Crippen molar-refractivity contribution in [1.29, 1.82) is 0 Å². The molecule has 0 radical (unpaired) electrons. The molecule has 0 spiro atoms. The van der Waals surface area contributed by atoms with Crippen molar-refractivity contribution in [3.63, 3.8) is 0 Å². The summed E-state index contributed by atoms with van der Waals surface area (Å²) in [5.74, 6) is 2.06. The van der Waals surface area contributed by atoms with E-state index in [9.17, 15) is 14.7 Å². The van der Waals surface area contributed by atoms with Crippen LogP contribution in [-0.2, 0) is 16.1 Å². The first-order valence-corrected chi connectivity index (χ1v) is 13.2. The topological polar surface area (TPSA) is 66.8 Å². The number of fused-ring (bicyclic) bond motifs is 9. The molecule has 4 saturated carbocycles. The van der Waals surface area contributed by atoms with Crippen LogP contribution in [0, 0.1) is 35.5 Å². The average molecular weight is 452 g/mol. The third-order valence-electron chi connectivity index (χ3n) is 10.2. The molecular formula is C28H37NO4.